The molecule has 2 aromatic rings. The van der Waals surface area contributed by atoms with Gasteiger partial charge in [-0.05, 0) is 44.5 Å². The van der Waals surface area contributed by atoms with E-state index in [0.29, 0.717) is 41.0 Å². The Kier molecular flexibility index (Phi) is 8.82. The second-order valence-corrected chi connectivity index (χ2v) is 9.45. The van der Waals surface area contributed by atoms with Gasteiger partial charge in [-0.1, -0.05) is 18.5 Å². The van der Waals surface area contributed by atoms with Gasteiger partial charge in [0.15, 0.2) is 5.13 Å². The van der Waals surface area contributed by atoms with E-state index in [1.54, 1.807) is 34.5 Å². The summed E-state index contributed by atoms with van der Waals surface area (Å²) < 4.78 is 5.67. The quantitative estimate of drug-likeness (QED) is 0.609. The summed E-state index contributed by atoms with van der Waals surface area (Å²) >= 11 is 7.16. The standard InChI is InChI=1S/C23H29ClN4O4S/c1-4-9-27(22(31)17-5-7-18(24)8-6-17)13-20(29)26-23-25-19(14-33-23)10-21(30)28-11-15(2)32-16(3)12-28/h5-8,14-16H,4,9-13H2,1-3H3,(H,25,26,29). The van der Waals surface area contributed by atoms with Crippen LogP contribution in [0.5, 0.6) is 0 Å². The molecule has 178 valence electrons. The fourth-order valence-electron chi connectivity index (χ4n) is 3.72. The third kappa shape index (κ3) is 7.25. The second-order valence-electron chi connectivity index (χ2n) is 8.16. The van der Waals surface area contributed by atoms with Crippen molar-refractivity contribution in [2.45, 2.75) is 45.8 Å². The Morgan fingerprint density at radius 2 is 1.88 bits per heavy atom. The van der Waals surface area contributed by atoms with Crippen molar-refractivity contribution in [1.29, 1.82) is 0 Å². The molecule has 3 rings (SSSR count). The third-order valence-electron chi connectivity index (χ3n) is 5.11. The molecule has 0 bridgehead atoms. The lowest BCUT2D eigenvalue weighted by atomic mass is 10.2. The number of amides is 3. The topological polar surface area (TPSA) is 91.8 Å². The minimum absolute atomic E-state index is 0.00429. The molecule has 2 atom stereocenters. The van der Waals surface area contributed by atoms with Crippen LogP contribution in [0.3, 0.4) is 0 Å². The van der Waals surface area contributed by atoms with Crippen LogP contribution >= 0.6 is 22.9 Å². The van der Waals surface area contributed by atoms with Gasteiger partial charge in [-0.15, -0.1) is 11.3 Å². The first-order valence-electron chi connectivity index (χ1n) is 11.0. The molecular formula is C23H29ClN4O4S. The Bertz CT molecular complexity index is 971. The maximum Gasteiger partial charge on any atom is 0.254 e. The number of rotatable bonds is 8. The Morgan fingerprint density at radius 3 is 2.52 bits per heavy atom. The van der Waals surface area contributed by atoms with Gasteiger partial charge in [0.2, 0.25) is 11.8 Å². The third-order valence-corrected chi connectivity index (χ3v) is 6.17. The number of aromatic nitrogens is 1. The van der Waals surface area contributed by atoms with Crippen LogP contribution in [-0.4, -0.2) is 70.9 Å². The zero-order valence-corrected chi connectivity index (χ0v) is 20.6. The minimum atomic E-state index is -0.339. The fourth-order valence-corrected chi connectivity index (χ4v) is 4.58. The predicted molar refractivity (Wildman–Crippen MR) is 129 cm³/mol. The Morgan fingerprint density at radius 1 is 1.21 bits per heavy atom. The summed E-state index contributed by atoms with van der Waals surface area (Å²) in [5, 5.41) is 5.46. The average Bonchev–Trinajstić information content (AvgIpc) is 3.19. The van der Waals surface area contributed by atoms with Crippen molar-refractivity contribution in [3.63, 3.8) is 0 Å². The fraction of sp³-hybridized carbons (Fsp3) is 0.478. The van der Waals surface area contributed by atoms with E-state index in [1.165, 1.54) is 16.2 Å². The molecule has 0 spiro atoms. The van der Waals surface area contributed by atoms with E-state index in [9.17, 15) is 14.4 Å². The van der Waals surface area contributed by atoms with Gasteiger partial charge in [0, 0.05) is 35.6 Å². The van der Waals surface area contributed by atoms with Crippen LogP contribution in [0.25, 0.3) is 0 Å². The van der Waals surface area contributed by atoms with Crippen molar-refractivity contribution < 1.29 is 19.1 Å². The molecule has 0 radical (unpaired) electrons. The number of halogens is 1. The van der Waals surface area contributed by atoms with Gasteiger partial charge >= 0.3 is 0 Å². The highest BCUT2D eigenvalue weighted by Crippen LogP contribution is 2.18. The Balaban J connectivity index is 1.56. The molecule has 2 heterocycles. The highest BCUT2D eigenvalue weighted by atomic mass is 35.5. The molecule has 0 saturated carbocycles. The van der Waals surface area contributed by atoms with Gasteiger partial charge in [0.25, 0.3) is 5.91 Å². The molecule has 1 aliphatic rings. The lowest BCUT2D eigenvalue weighted by Crippen LogP contribution is -2.48. The number of hydrogen-bond acceptors (Lipinski definition) is 6. The lowest BCUT2D eigenvalue weighted by Gasteiger charge is -2.35. The largest absolute Gasteiger partial charge is 0.372 e. The smallest absolute Gasteiger partial charge is 0.254 e. The average molecular weight is 493 g/mol. The molecule has 1 aliphatic heterocycles. The van der Waals surface area contributed by atoms with Crippen LogP contribution in [0, 0.1) is 0 Å². The maximum absolute atomic E-state index is 12.8. The van der Waals surface area contributed by atoms with Crippen LogP contribution in [0.1, 0.15) is 43.2 Å². The summed E-state index contributed by atoms with van der Waals surface area (Å²) in [5.74, 6) is -0.584. The Hall–Kier alpha value is -2.49. The molecule has 1 aromatic heterocycles. The van der Waals surface area contributed by atoms with E-state index in [1.807, 2.05) is 20.8 Å². The van der Waals surface area contributed by atoms with Crippen LogP contribution in [0.15, 0.2) is 29.6 Å². The normalized spacial score (nSPS) is 18.1. The first kappa shape index (κ1) is 25.1. The van der Waals surface area contributed by atoms with Crippen molar-refractivity contribution >= 4 is 45.8 Å². The molecule has 10 heteroatoms. The molecule has 1 N–H and O–H groups in total. The van der Waals surface area contributed by atoms with E-state index < -0.39 is 0 Å². The second kappa shape index (κ2) is 11.6. The van der Waals surface area contributed by atoms with Gasteiger partial charge in [0.05, 0.1) is 24.3 Å². The van der Waals surface area contributed by atoms with Gasteiger partial charge in [-0.2, -0.15) is 0 Å². The van der Waals surface area contributed by atoms with E-state index >= 15 is 0 Å². The van der Waals surface area contributed by atoms with Crippen LogP contribution in [-0.2, 0) is 20.7 Å². The zero-order valence-electron chi connectivity index (χ0n) is 19.0. The van der Waals surface area contributed by atoms with Crippen LogP contribution < -0.4 is 5.32 Å². The molecule has 1 fully saturated rings. The number of benzene rings is 1. The number of anilines is 1. The van der Waals surface area contributed by atoms with Gasteiger partial charge in [-0.3, -0.25) is 14.4 Å². The number of nitrogens with one attached hydrogen (secondary N) is 1. The molecule has 0 aliphatic carbocycles. The summed E-state index contributed by atoms with van der Waals surface area (Å²) in [4.78, 5) is 45.7. The highest BCUT2D eigenvalue weighted by Gasteiger charge is 2.26. The van der Waals surface area contributed by atoms with Crippen LogP contribution in [0.2, 0.25) is 5.02 Å². The van der Waals surface area contributed by atoms with Gasteiger partial charge in [0.1, 0.15) is 6.54 Å². The first-order valence-corrected chi connectivity index (χ1v) is 12.2. The van der Waals surface area contributed by atoms with E-state index in [4.69, 9.17) is 16.3 Å². The van der Waals surface area contributed by atoms with E-state index in [2.05, 4.69) is 10.3 Å². The van der Waals surface area contributed by atoms with Crippen molar-refractivity contribution in [3.05, 3.63) is 45.9 Å². The summed E-state index contributed by atoms with van der Waals surface area (Å²) in [6.45, 7) is 7.32. The summed E-state index contributed by atoms with van der Waals surface area (Å²) in [7, 11) is 0. The number of thiazole rings is 1. The molecule has 2 unspecified atom stereocenters. The number of carbonyl (C=O) groups is 3. The predicted octanol–water partition coefficient (Wildman–Crippen LogP) is 3.47. The number of hydrogen-bond donors (Lipinski definition) is 1. The molecule has 8 nitrogen and oxygen atoms in total. The number of carbonyl (C=O) groups excluding carboxylic acids is 3. The van der Waals surface area contributed by atoms with E-state index in [0.717, 1.165) is 6.42 Å². The van der Waals surface area contributed by atoms with Crippen molar-refractivity contribution in [2.24, 2.45) is 0 Å². The summed E-state index contributed by atoms with van der Waals surface area (Å²) in [6, 6.07) is 6.59. The highest BCUT2D eigenvalue weighted by molar-refractivity contribution is 7.13. The number of nitrogens with zero attached hydrogens (tertiary/aromatic N) is 3. The summed E-state index contributed by atoms with van der Waals surface area (Å²) in [5.41, 5.74) is 1.08. The lowest BCUT2D eigenvalue weighted by molar-refractivity contribution is -0.142. The maximum atomic E-state index is 12.8. The van der Waals surface area contributed by atoms with Crippen molar-refractivity contribution in [2.75, 3.05) is 31.5 Å². The molecule has 3 amide bonds. The van der Waals surface area contributed by atoms with Gasteiger partial charge < -0.3 is 19.9 Å². The first-order chi connectivity index (χ1) is 15.7. The summed E-state index contributed by atoms with van der Waals surface area (Å²) in [6.07, 6.45) is 0.895. The van der Waals surface area contributed by atoms with Crippen molar-refractivity contribution in [3.8, 4) is 0 Å². The molecular weight excluding hydrogens is 464 g/mol. The van der Waals surface area contributed by atoms with Gasteiger partial charge in [-0.25, -0.2) is 4.98 Å². The zero-order chi connectivity index (χ0) is 24.0. The number of ether oxygens (including phenoxy) is 1. The molecule has 33 heavy (non-hydrogen) atoms. The molecule has 1 saturated heterocycles. The Labute approximate surface area is 202 Å². The minimum Gasteiger partial charge on any atom is -0.372 e. The SMILES string of the molecule is CCCN(CC(=O)Nc1nc(CC(=O)N2CC(C)OC(C)C2)cs1)C(=O)c1ccc(Cl)cc1. The van der Waals surface area contributed by atoms with E-state index in [-0.39, 0.29) is 42.9 Å². The molecule has 1 aromatic carbocycles. The number of morpholine rings is 1. The van der Waals surface area contributed by atoms with Crippen LogP contribution in [0.4, 0.5) is 5.13 Å². The monoisotopic (exact) mass is 492 g/mol. The van der Waals surface area contributed by atoms with Crippen molar-refractivity contribution in [1.82, 2.24) is 14.8 Å².